The molecule has 1 aliphatic heterocycles. The number of nitrogens with zero attached hydrogens (tertiary/aromatic N) is 2. The van der Waals surface area contributed by atoms with Crippen LogP contribution in [0.2, 0.25) is 5.02 Å². The second-order valence-corrected chi connectivity index (χ2v) is 9.33. The fourth-order valence-electron chi connectivity index (χ4n) is 5.12. The third kappa shape index (κ3) is 3.72. The number of ether oxygens (including phenoxy) is 1. The maximum atomic E-state index is 14.0. The molecule has 1 atom stereocenters. The Morgan fingerprint density at radius 1 is 0.943 bits per heavy atom. The van der Waals surface area contributed by atoms with Crippen molar-refractivity contribution < 1.29 is 27.8 Å². The highest BCUT2D eigenvalue weighted by atomic mass is 35.5. The molecule has 0 radical (unpaired) electrons. The zero-order chi connectivity index (χ0) is 25.0. The topological polar surface area (TPSA) is 53.0 Å². The molecule has 2 fully saturated rings. The SMILES string of the molecule is Cc1ccc(N2C(=O)N(c3ccc(Cl)cc3)C3(CCC3)C2(O)c2cccc(OC(F)(F)F)c2)cc1. The molecule has 182 valence electrons. The zero-order valence-corrected chi connectivity index (χ0v) is 19.5. The van der Waals surface area contributed by atoms with Crippen LogP contribution in [0, 0.1) is 6.92 Å². The first kappa shape index (κ1) is 23.5. The summed E-state index contributed by atoms with van der Waals surface area (Å²) in [5.74, 6) is -0.473. The molecule has 2 amide bonds. The fourth-order valence-corrected chi connectivity index (χ4v) is 5.24. The lowest BCUT2D eigenvalue weighted by Gasteiger charge is -2.52. The van der Waals surface area contributed by atoms with Gasteiger partial charge in [0.15, 0.2) is 5.72 Å². The van der Waals surface area contributed by atoms with Crippen LogP contribution in [-0.4, -0.2) is 23.0 Å². The monoisotopic (exact) mass is 502 g/mol. The van der Waals surface area contributed by atoms with E-state index in [0.717, 1.165) is 24.1 Å². The van der Waals surface area contributed by atoms with Crippen LogP contribution in [0.5, 0.6) is 5.75 Å². The van der Waals surface area contributed by atoms with Gasteiger partial charge in [-0.25, -0.2) is 4.79 Å². The minimum absolute atomic E-state index is 0.129. The van der Waals surface area contributed by atoms with Crippen LogP contribution in [0.15, 0.2) is 72.8 Å². The van der Waals surface area contributed by atoms with Crippen LogP contribution >= 0.6 is 11.6 Å². The average molecular weight is 503 g/mol. The third-order valence-electron chi connectivity index (χ3n) is 6.81. The van der Waals surface area contributed by atoms with E-state index in [1.54, 1.807) is 41.3 Å². The zero-order valence-electron chi connectivity index (χ0n) is 18.7. The summed E-state index contributed by atoms with van der Waals surface area (Å²) in [6.07, 6.45) is -3.26. The molecule has 3 aromatic carbocycles. The molecule has 1 aliphatic carbocycles. The summed E-state index contributed by atoms with van der Waals surface area (Å²) >= 11 is 6.07. The first-order chi connectivity index (χ1) is 16.5. The molecule has 0 aromatic heterocycles. The van der Waals surface area contributed by atoms with E-state index in [-0.39, 0.29) is 5.56 Å². The van der Waals surface area contributed by atoms with Crippen molar-refractivity contribution in [2.45, 2.75) is 43.8 Å². The van der Waals surface area contributed by atoms with E-state index in [9.17, 15) is 23.1 Å². The summed E-state index contributed by atoms with van der Waals surface area (Å²) in [7, 11) is 0. The normalized spacial score (nSPS) is 21.4. The van der Waals surface area contributed by atoms with Crippen molar-refractivity contribution in [2.75, 3.05) is 9.80 Å². The van der Waals surface area contributed by atoms with Crippen molar-refractivity contribution >= 4 is 29.0 Å². The van der Waals surface area contributed by atoms with E-state index in [2.05, 4.69) is 4.74 Å². The summed E-state index contributed by atoms with van der Waals surface area (Å²) in [6.45, 7) is 1.90. The molecule has 9 heteroatoms. The number of urea groups is 1. The Bertz CT molecular complexity index is 1260. The molecular formula is C26H22ClF3N2O3. The number of aliphatic hydroxyl groups is 1. The van der Waals surface area contributed by atoms with E-state index in [0.29, 0.717) is 29.2 Å². The Morgan fingerprint density at radius 3 is 2.11 bits per heavy atom. The van der Waals surface area contributed by atoms with Crippen LogP contribution in [0.4, 0.5) is 29.3 Å². The van der Waals surface area contributed by atoms with E-state index in [1.165, 1.54) is 17.0 Å². The summed E-state index contributed by atoms with van der Waals surface area (Å²) in [4.78, 5) is 16.9. The Labute approximate surface area is 205 Å². The second-order valence-electron chi connectivity index (χ2n) is 8.90. The highest BCUT2D eigenvalue weighted by molar-refractivity contribution is 6.30. The molecule has 1 N–H and O–H groups in total. The van der Waals surface area contributed by atoms with Gasteiger partial charge in [-0.1, -0.05) is 41.4 Å². The van der Waals surface area contributed by atoms with Crippen LogP contribution < -0.4 is 14.5 Å². The molecule has 1 spiro atoms. The van der Waals surface area contributed by atoms with Gasteiger partial charge in [0.2, 0.25) is 0 Å². The molecule has 0 bridgehead atoms. The lowest BCUT2D eigenvalue weighted by molar-refractivity contribution is -0.274. The number of anilines is 2. The third-order valence-corrected chi connectivity index (χ3v) is 7.06. The lowest BCUT2D eigenvalue weighted by Crippen LogP contribution is -2.63. The Kier molecular flexibility index (Phi) is 5.49. The summed E-state index contributed by atoms with van der Waals surface area (Å²) in [5.41, 5.74) is -1.04. The van der Waals surface area contributed by atoms with E-state index < -0.39 is 29.4 Å². The molecule has 1 heterocycles. The summed E-state index contributed by atoms with van der Waals surface area (Å²) in [6, 6.07) is 18.5. The molecule has 5 rings (SSSR count). The smallest absolute Gasteiger partial charge is 0.406 e. The number of halogens is 4. The predicted molar refractivity (Wildman–Crippen MR) is 127 cm³/mol. The Hall–Kier alpha value is -3.23. The van der Waals surface area contributed by atoms with Gasteiger partial charge in [0, 0.05) is 22.0 Å². The molecule has 3 aromatic rings. The first-order valence-electron chi connectivity index (χ1n) is 11.1. The number of hydrogen-bond donors (Lipinski definition) is 1. The number of hydrogen-bond acceptors (Lipinski definition) is 3. The van der Waals surface area contributed by atoms with Gasteiger partial charge in [0.05, 0.1) is 0 Å². The van der Waals surface area contributed by atoms with E-state index >= 15 is 0 Å². The van der Waals surface area contributed by atoms with Crippen molar-refractivity contribution in [3.05, 3.63) is 88.9 Å². The van der Waals surface area contributed by atoms with Crippen molar-refractivity contribution in [1.82, 2.24) is 0 Å². The van der Waals surface area contributed by atoms with Crippen molar-refractivity contribution in [1.29, 1.82) is 0 Å². The number of carbonyl (C=O) groups is 1. The Morgan fingerprint density at radius 2 is 1.54 bits per heavy atom. The molecule has 1 saturated heterocycles. The number of aryl methyl sites for hydroxylation is 1. The standard InChI is InChI=1S/C26H22ClF3N2O3/c1-17-6-10-21(11-7-17)32-23(33)31(20-12-8-19(27)9-13-20)24(14-3-15-24)25(32,34)18-4-2-5-22(16-18)35-26(28,29)30/h2,4-13,16,34H,3,14-15H2,1H3. The van der Waals surface area contributed by atoms with Crippen LogP contribution in [0.25, 0.3) is 0 Å². The molecule has 2 aliphatic rings. The lowest BCUT2D eigenvalue weighted by atomic mass is 9.66. The first-order valence-corrected chi connectivity index (χ1v) is 11.5. The number of carbonyl (C=O) groups excluding carboxylic acids is 1. The number of amides is 2. The van der Waals surface area contributed by atoms with Crippen LogP contribution in [0.1, 0.15) is 30.4 Å². The average Bonchev–Trinajstić information content (AvgIpc) is 2.99. The van der Waals surface area contributed by atoms with Crippen molar-refractivity contribution in [3.8, 4) is 5.75 Å². The molecule has 1 unspecified atom stereocenters. The summed E-state index contributed by atoms with van der Waals surface area (Å²) < 4.78 is 43.0. The van der Waals surface area contributed by atoms with Crippen molar-refractivity contribution in [3.63, 3.8) is 0 Å². The van der Waals surface area contributed by atoms with Gasteiger partial charge < -0.3 is 9.84 Å². The molecule has 35 heavy (non-hydrogen) atoms. The highest BCUT2D eigenvalue weighted by Gasteiger charge is 2.70. The molecule has 5 nitrogen and oxygen atoms in total. The largest absolute Gasteiger partial charge is 0.573 e. The van der Waals surface area contributed by atoms with Gasteiger partial charge in [0.25, 0.3) is 0 Å². The number of alkyl halides is 3. The summed E-state index contributed by atoms with van der Waals surface area (Å²) in [5, 5.41) is 13.0. The van der Waals surface area contributed by atoms with Gasteiger partial charge in [-0.2, -0.15) is 0 Å². The number of rotatable bonds is 4. The quantitative estimate of drug-likeness (QED) is 0.429. The highest BCUT2D eigenvalue weighted by Crippen LogP contribution is 2.59. The van der Waals surface area contributed by atoms with E-state index in [1.807, 2.05) is 19.1 Å². The van der Waals surface area contributed by atoms with E-state index in [4.69, 9.17) is 11.6 Å². The van der Waals surface area contributed by atoms with Gasteiger partial charge in [-0.05, 0) is 74.7 Å². The van der Waals surface area contributed by atoms with Gasteiger partial charge in [-0.3, -0.25) is 9.80 Å². The van der Waals surface area contributed by atoms with Crippen LogP contribution in [0.3, 0.4) is 0 Å². The minimum Gasteiger partial charge on any atom is -0.406 e. The maximum Gasteiger partial charge on any atom is 0.573 e. The second kappa shape index (κ2) is 8.17. The molecular weight excluding hydrogens is 481 g/mol. The maximum absolute atomic E-state index is 14.0. The fraction of sp³-hybridized carbons (Fsp3) is 0.269. The molecule has 1 saturated carbocycles. The predicted octanol–water partition coefficient (Wildman–Crippen LogP) is 6.76. The van der Waals surface area contributed by atoms with Crippen molar-refractivity contribution in [2.24, 2.45) is 0 Å². The number of benzene rings is 3. The van der Waals surface area contributed by atoms with Crippen LogP contribution in [-0.2, 0) is 5.72 Å². The Balaban J connectivity index is 1.72. The van der Waals surface area contributed by atoms with Gasteiger partial charge in [0.1, 0.15) is 11.3 Å². The van der Waals surface area contributed by atoms with Gasteiger partial charge >= 0.3 is 12.4 Å². The minimum atomic E-state index is -4.90. The van der Waals surface area contributed by atoms with Gasteiger partial charge in [-0.15, -0.1) is 13.2 Å².